The number of phenolic OH excluding ortho intramolecular Hbond substituents is 6. The van der Waals surface area contributed by atoms with E-state index in [0.29, 0.717) is 11.1 Å². The molecule has 4 aromatic rings. The van der Waals surface area contributed by atoms with Crippen LogP contribution in [0.2, 0.25) is 0 Å². The predicted octanol–water partition coefficient (Wildman–Crippen LogP) is 3.71. The van der Waals surface area contributed by atoms with Gasteiger partial charge in [-0.3, -0.25) is 0 Å². The van der Waals surface area contributed by atoms with Gasteiger partial charge in [0.2, 0.25) is 11.5 Å². The number of aliphatic hydroxyl groups excluding tert-OH is 2. The first-order chi connectivity index (χ1) is 19.6. The standard InChI is InChI=1S/C30H26O11/c31-15-5-1-13(2-6-15)25-23(37)29(17-9-11-19(33)21(35)27(17)39-25)41-30-18-10-12-20(34)22(36)28(18)40-26(24(30)38)14-3-7-16(32)8-4-14/h1-12,23-26,29-38H/t23-,24-,25+,26+,29-,30+/m0/s1. The maximum Gasteiger partial charge on any atom is 0.200 e. The van der Waals surface area contributed by atoms with E-state index in [1.807, 2.05) is 0 Å². The zero-order valence-corrected chi connectivity index (χ0v) is 21.2. The van der Waals surface area contributed by atoms with E-state index in [-0.39, 0.29) is 34.1 Å². The van der Waals surface area contributed by atoms with Crippen LogP contribution in [0.3, 0.4) is 0 Å². The number of aromatic hydroxyl groups is 6. The Balaban J connectivity index is 1.46. The van der Waals surface area contributed by atoms with E-state index in [2.05, 4.69) is 0 Å². The van der Waals surface area contributed by atoms with Gasteiger partial charge in [0.25, 0.3) is 0 Å². The highest BCUT2D eigenvalue weighted by atomic mass is 16.6. The number of rotatable bonds is 4. The summed E-state index contributed by atoms with van der Waals surface area (Å²) in [6, 6.07) is 16.9. The Morgan fingerprint density at radius 1 is 0.488 bits per heavy atom. The van der Waals surface area contributed by atoms with Crippen molar-refractivity contribution in [2.75, 3.05) is 0 Å². The molecule has 0 saturated heterocycles. The summed E-state index contributed by atoms with van der Waals surface area (Å²) in [4.78, 5) is 0. The molecule has 0 radical (unpaired) electrons. The van der Waals surface area contributed by atoms with Crippen LogP contribution in [-0.2, 0) is 4.74 Å². The molecule has 2 heterocycles. The minimum absolute atomic E-state index is 0.0157. The van der Waals surface area contributed by atoms with Crippen LogP contribution in [0.15, 0.2) is 72.8 Å². The van der Waals surface area contributed by atoms with Crippen LogP contribution in [-0.4, -0.2) is 53.1 Å². The molecule has 11 heteroatoms. The second kappa shape index (κ2) is 9.97. The molecule has 0 spiro atoms. The van der Waals surface area contributed by atoms with Crippen LogP contribution in [0.1, 0.15) is 46.7 Å². The second-order valence-electron chi connectivity index (χ2n) is 9.92. The van der Waals surface area contributed by atoms with Gasteiger partial charge in [-0.15, -0.1) is 0 Å². The molecular weight excluding hydrogens is 536 g/mol. The first-order valence-corrected chi connectivity index (χ1v) is 12.7. The first-order valence-electron chi connectivity index (χ1n) is 12.7. The SMILES string of the molecule is Oc1ccc([C@H]2Oc3c(ccc(O)c3O)[C@@H](O[C@H]3c4ccc(O)c(O)c4O[C@H](c4ccc(O)cc4)[C@@H]3O)[C@H]2O)cc1. The lowest BCUT2D eigenvalue weighted by molar-refractivity contribution is -0.175. The van der Waals surface area contributed by atoms with Crippen molar-refractivity contribution in [1.82, 2.24) is 0 Å². The van der Waals surface area contributed by atoms with Crippen LogP contribution in [0.4, 0.5) is 0 Å². The maximum atomic E-state index is 11.5. The van der Waals surface area contributed by atoms with Crippen molar-refractivity contribution in [3.8, 4) is 46.0 Å². The van der Waals surface area contributed by atoms with E-state index >= 15 is 0 Å². The number of hydrogen-bond donors (Lipinski definition) is 8. The smallest absolute Gasteiger partial charge is 0.200 e. The number of benzene rings is 4. The Morgan fingerprint density at radius 2 is 0.854 bits per heavy atom. The minimum atomic E-state index is -1.42. The van der Waals surface area contributed by atoms with Crippen LogP contribution in [0, 0.1) is 0 Å². The van der Waals surface area contributed by atoms with Crippen molar-refractivity contribution < 1.29 is 55.1 Å². The number of phenols is 6. The molecule has 4 aromatic carbocycles. The van der Waals surface area contributed by atoms with Crippen LogP contribution >= 0.6 is 0 Å². The van der Waals surface area contributed by atoms with E-state index in [4.69, 9.17) is 14.2 Å². The molecule has 0 saturated carbocycles. The Hall–Kier alpha value is -4.84. The largest absolute Gasteiger partial charge is 0.508 e. The van der Waals surface area contributed by atoms with Gasteiger partial charge in [-0.05, 0) is 59.7 Å². The summed E-state index contributed by atoms with van der Waals surface area (Å²) in [6.45, 7) is 0. The van der Waals surface area contributed by atoms with Gasteiger partial charge in [0.1, 0.15) is 35.9 Å². The molecule has 6 rings (SSSR count). The summed E-state index contributed by atoms with van der Waals surface area (Å²) >= 11 is 0. The summed E-state index contributed by atoms with van der Waals surface area (Å²) in [5.41, 5.74) is 1.20. The highest BCUT2D eigenvalue weighted by molar-refractivity contribution is 5.58. The van der Waals surface area contributed by atoms with Crippen molar-refractivity contribution in [3.63, 3.8) is 0 Å². The Labute approximate surface area is 232 Å². The molecule has 212 valence electrons. The molecule has 6 atom stereocenters. The molecular formula is C30H26O11. The van der Waals surface area contributed by atoms with E-state index in [0.717, 1.165) is 0 Å². The third-order valence-electron chi connectivity index (χ3n) is 7.36. The van der Waals surface area contributed by atoms with Crippen molar-refractivity contribution in [1.29, 1.82) is 0 Å². The molecule has 11 nitrogen and oxygen atoms in total. The van der Waals surface area contributed by atoms with E-state index in [1.54, 1.807) is 0 Å². The molecule has 0 amide bonds. The summed E-state index contributed by atoms with van der Waals surface area (Å²) in [5, 5.41) is 84.2. The van der Waals surface area contributed by atoms with Gasteiger partial charge in [-0.1, -0.05) is 24.3 Å². The summed E-state index contributed by atoms with van der Waals surface area (Å²) < 4.78 is 18.3. The first kappa shape index (κ1) is 26.4. The van der Waals surface area contributed by atoms with Gasteiger partial charge >= 0.3 is 0 Å². The predicted molar refractivity (Wildman–Crippen MR) is 141 cm³/mol. The average molecular weight is 563 g/mol. The zero-order valence-electron chi connectivity index (χ0n) is 21.2. The van der Waals surface area contributed by atoms with E-state index < -0.39 is 59.6 Å². The normalized spacial score (nSPS) is 24.9. The number of ether oxygens (including phenoxy) is 3. The van der Waals surface area contributed by atoms with Crippen molar-refractivity contribution in [3.05, 3.63) is 95.1 Å². The van der Waals surface area contributed by atoms with Gasteiger partial charge in [0.05, 0.1) is 0 Å². The lowest BCUT2D eigenvalue weighted by atomic mass is 9.89. The third kappa shape index (κ3) is 4.45. The molecule has 8 N–H and O–H groups in total. The van der Waals surface area contributed by atoms with Gasteiger partial charge < -0.3 is 55.1 Å². The number of hydrogen-bond acceptors (Lipinski definition) is 11. The van der Waals surface area contributed by atoms with Crippen molar-refractivity contribution >= 4 is 0 Å². The van der Waals surface area contributed by atoms with E-state index in [1.165, 1.54) is 72.8 Å². The summed E-state index contributed by atoms with van der Waals surface area (Å²) in [5.74, 6) is -2.42. The molecule has 0 bridgehead atoms. The second-order valence-corrected chi connectivity index (χ2v) is 9.92. The lowest BCUT2D eigenvalue weighted by Gasteiger charge is -2.42. The fourth-order valence-corrected chi connectivity index (χ4v) is 5.25. The Kier molecular flexibility index (Phi) is 6.41. The summed E-state index contributed by atoms with van der Waals surface area (Å²) in [6.07, 6.45) is -7.62. The van der Waals surface area contributed by atoms with Gasteiger partial charge in [-0.2, -0.15) is 0 Å². The fraction of sp³-hybridized carbons (Fsp3) is 0.200. The third-order valence-corrected chi connectivity index (χ3v) is 7.36. The van der Waals surface area contributed by atoms with Crippen LogP contribution < -0.4 is 9.47 Å². The molecule has 0 unspecified atom stereocenters. The quantitative estimate of drug-likeness (QED) is 0.169. The summed E-state index contributed by atoms with van der Waals surface area (Å²) in [7, 11) is 0. The Bertz CT molecular complexity index is 1470. The average Bonchev–Trinajstić information content (AvgIpc) is 2.96. The van der Waals surface area contributed by atoms with Gasteiger partial charge in [-0.25, -0.2) is 0 Å². The topological polar surface area (TPSA) is 190 Å². The van der Waals surface area contributed by atoms with Crippen molar-refractivity contribution in [2.24, 2.45) is 0 Å². The monoisotopic (exact) mass is 562 g/mol. The highest BCUT2D eigenvalue weighted by Crippen LogP contribution is 2.55. The van der Waals surface area contributed by atoms with Crippen LogP contribution in [0.25, 0.3) is 0 Å². The molecule has 0 aromatic heterocycles. The number of aliphatic hydroxyl groups is 2. The Morgan fingerprint density at radius 3 is 1.22 bits per heavy atom. The fourth-order valence-electron chi connectivity index (χ4n) is 5.25. The van der Waals surface area contributed by atoms with Crippen molar-refractivity contribution in [2.45, 2.75) is 36.6 Å². The van der Waals surface area contributed by atoms with Crippen LogP contribution in [0.5, 0.6) is 46.0 Å². The van der Waals surface area contributed by atoms with Gasteiger partial charge in [0.15, 0.2) is 35.2 Å². The molecule has 2 aliphatic rings. The minimum Gasteiger partial charge on any atom is -0.508 e. The van der Waals surface area contributed by atoms with E-state index in [9.17, 15) is 40.9 Å². The molecule has 2 aliphatic heterocycles. The molecule has 0 fully saturated rings. The number of fused-ring (bicyclic) bond motifs is 2. The maximum absolute atomic E-state index is 11.5. The zero-order chi connectivity index (χ0) is 29.0. The van der Waals surface area contributed by atoms with Gasteiger partial charge in [0, 0.05) is 11.1 Å². The molecule has 0 aliphatic carbocycles. The lowest BCUT2D eigenvalue weighted by Crippen LogP contribution is -2.41. The highest BCUT2D eigenvalue weighted by Gasteiger charge is 2.47. The molecule has 41 heavy (non-hydrogen) atoms.